The van der Waals surface area contributed by atoms with E-state index >= 15 is 0 Å². The van der Waals surface area contributed by atoms with Crippen LogP contribution in [0.5, 0.6) is 0 Å². The average molecular weight is 214 g/mol. The second-order valence-corrected chi connectivity index (χ2v) is 4.13. The molecule has 0 heterocycles. The number of hydrogen-bond acceptors (Lipinski definition) is 2. The van der Waals surface area contributed by atoms with E-state index in [0.717, 1.165) is 18.4 Å². The third-order valence-corrected chi connectivity index (χ3v) is 2.94. The van der Waals surface area contributed by atoms with Crippen LogP contribution in [0.15, 0.2) is 24.3 Å². The minimum absolute atomic E-state index is 0.00629. The van der Waals surface area contributed by atoms with Gasteiger partial charge in [-0.2, -0.15) is 5.26 Å². The number of carbonyl (C=O) groups excluding carboxylic acids is 1. The highest BCUT2D eigenvalue weighted by Crippen LogP contribution is 2.18. The van der Waals surface area contributed by atoms with Crippen molar-refractivity contribution in [1.29, 1.82) is 5.26 Å². The number of carbonyl (C=O) groups is 1. The number of rotatable bonds is 3. The SMILES string of the molecule is N#CCc1ccc(C(=O)NC2CCC2)cc1. The van der Waals surface area contributed by atoms with Crippen LogP contribution in [0.3, 0.4) is 0 Å². The smallest absolute Gasteiger partial charge is 0.251 e. The van der Waals surface area contributed by atoms with Crippen LogP contribution >= 0.6 is 0 Å². The molecular weight excluding hydrogens is 200 g/mol. The Balaban J connectivity index is 1.97. The number of nitrogens with zero attached hydrogens (tertiary/aromatic N) is 1. The molecule has 3 heteroatoms. The highest BCUT2D eigenvalue weighted by Gasteiger charge is 2.19. The molecule has 1 aromatic rings. The molecule has 0 spiro atoms. The molecule has 1 aliphatic carbocycles. The molecule has 1 aromatic carbocycles. The highest BCUT2D eigenvalue weighted by atomic mass is 16.1. The molecule has 0 saturated heterocycles. The summed E-state index contributed by atoms with van der Waals surface area (Å²) in [6.45, 7) is 0. The zero-order chi connectivity index (χ0) is 11.4. The summed E-state index contributed by atoms with van der Waals surface area (Å²) in [5.74, 6) is -0.00629. The summed E-state index contributed by atoms with van der Waals surface area (Å²) in [4.78, 5) is 11.7. The second kappa shape index (κ2) is 4.80. The molecule has 3 nitrogen and oxygen atoms in total. The fourth-order valence-electron chi connectivity index (χ4n) is 1.69. The molecule has 0 radical (unpaired) electrons. The normalized spacial score (nSPS) is 14.9. The first kappa shape index (κ1) is 10.7. The van der Waals surface area contributed by atoms with E-state index in [0.29, 0.717) is 18.0 Å². The predicted molar refractivity (Wildman–Crippen MR) is 60.9 cm³/mol. The molecule has 1 N–H and O–H groups in total. The zero-order valence-electron chi connectivity index (χ0n) is 9.07. The first-order valence-electron chi connectivity index (χ1n) is 5.56. The maximum Gasteiger partial charge on any atom is 0.251 e. The Morgan fingerprint density at radius 1 is 1.38 bits per heavy atom. The van der Waals surface area contributed by atoms with Crippen molar-refractivity contribution in [1.82, 2.24) is 5.32 Å². The van der Waals surface area contributed by atoms with Crippen molar-refractivity contribution < 1.29 is 4.79 Å². The molecule has 0 unspecified atom stereocenters. The molecule has 82 valence electrons. The van der Waals surface area contributed by atoms with Gasteiger partial charge in [-0.15, -0.1) is 0 Å². The van der Waals surface area contributed by atoms with Crippen molar-refractivity contribution in [2.24, 2.45) is 0 Å². The van der Waals surface area contributed by atoms with Crippen LogP contribution in [0.1, 0.15) is 35.2 Å². The Hall–Kier alpha value is -1.82. The monoisotopic (exact) mass is 214 g/mol. The Morgan fingerprint density at radius 3 is 2.56 bits per heavy atom. The van der Waals surface area contributed by atoms with Crippen LogP contribution in [0.4, 0.5) is 0 Å². The molecule has 2 rings (SSSR count). The van der Waals surface area contributed by atoms with Gasteiger partial charge in [-0.25, -0.2) is 0 Å². The Kier molecular flexibility index (Phi) is 3.21. The predicted octanol–water partition coefficient (Wildman–Crippen LogP) is 2.03. The van der Waals surface area contributed by atoms with Crippen LogP contribution < -0.4 is 5.32 Å². The molecule has 0 atom stereocenters. The molecule has 0 aliphatic heterocycles. The van der Waals surface area contributed by atoms with E-state index in [1.165, 1.54) is 6.42 Å². The first-order chi connectivity index (χ1) is 7.79. The van der Waals surface area contributed by atoms with Crippen molar-refractivity contribution in [3.63, 3.8) is 0 Å². The van der Waals surface area contributed by atoms with Crippen LogP contribution in [-0.4, -0.2) is 11.9 Å². The summed E-state index contributed by atoms with van der Waals surface area (Å²) in [6, 6.07) is 9.67. The molecule has 0 aromatic heterocycles. The van der Waals surface area contributed by atoms with E-state index in [2.05, 4.69) is 11.4 Å². The van der Waals surface area contributed by atoms with Gasteiger partial charge >= 0.3 is 0 Å². The van der Waals surface area contributed by atoms with Crippen LogP contribution in [0, 0.1) is 11.3 Å². The third-order valence-electron chi connectivity index (χ3n) is 2.94. The van der Waals surface area contributed by atoms with Crippen molar-refractivity contribution in [3.8, 4) is 6.07 Å². The van der Waals surface area contributed by atoms with Gasteiger partial charge in [-0.1, -0.05) is 12.1 Å². The van der Waals surface area contributed by atoms with E-state index < -0.39 is 0 Å². The van der Waals surface area contributed by atoms with Crippen LogP contribution in [-0.2, 0) is 6.42 Å². The van der Waals surface area contributed by atoms with Gasteiger partial charge in [0.15, 0.2) is 0 Å². The Labute approximate surface area is 95.1 Å². The topological polar surface area (TPSA) is 52.9 Å². The maximum absolute atomic E-state index is 11.7. The molecule has 1 fully saturated rings. The standard InChI is InChI=1S/C13H14N2O/c14-9-8-10-4-6-11(7-5-10)13(16)15-12-2-1-3-12/h4-7,12H,1-3,8H2,(H,15,16). The van der Waals surface area contributed by atoms with Gasteiger partial charge in [-0.3, -0.25) is 4.79 Å². The zero-order valence-corrected chi connectivity index (χ0v) is 9.07. The van der Waals surface area contributed by atoms with Crippen molar-refractivity contribution in [2.45, 2.75) is 31.7 Å². The van der Waals surface area contributed by atoms with Crippen LogP contribution in [0.2, 0.25) is 0 Å². The van der Waals surface area contributed by atoms with Gasteiger partial charge < -0.3 is 5.32 Å². The molecular formula is C13H14N2O. The van der Waals surface area contributed by atoms with Gasteiger partial charge in [0, 0.05) is 11.6 Å². The fourth-order valence-corrected chi connectivity index (χ4v) is 1.69. The summed E-state index contributed by atoms with van der Waals surface area (Å²) in [5.41, 5.74) is 1.62. The largest absolute Gasteiger partial charge is 0.349 e. The molecule has 1 aliphatic rings. The van der Waals surface area contributed by atoms with Gasteiger partial charge in [0.1, 0.15) is 0 Å². The van der Waals surface area contributed by atoms with Crippen molar-refractivity contribution >= 4 is 5.91 Å². The summed E-state index contributed by atoms with van der Waals surface area (Å²) in [5, 5.41) is 11.5. The quantitative estimate of drug-likeness (QED) is 0.837. The van der Waals surface area contributed by atoms with E-state index in [-0.39, 0.29) is 5.91 Å². The van der Waals surface area contributed by atoms with Gasteiger partial charge in [0.2, 0.25) is 0 Å². The molecule has 16 heavy (non-hydrogen) atoms. The Bertz CT molecular complexity index is 413. The second-order valence-electron chi connectivity index (χ2n) is 4.13. The van der Waals surface area contributed by atoms with E-state index in [1.54, 1.807) is 12.1 Å². The van der Waals surface area contributed by atoms with Gasteiger partial charge in [-0.05, 0) is 37.0 Å². The lowest BCUT2D eigenvalue weighted by Gasteiger charge is -2.26. The van der Waals surface area contributed by atoms with Crippen molar-refractivity contribution in [3.05, 3.63) is 35.4 Å². The minimum Gasteiger partial charge on any atom is -0.349 e. The summed E-state index contributed by atoms with van der Waals surface area (Å²) in [7, 11) is 0. The van der Waals surface area contributed by atoms with E-state index in [1.807, 2.05) is 12.1 Å². The number of nitriles is 1. The maximum atomic E-state index is 11.7. The van der Waals surface area contributed by atoms with Crippen molar-refractivity contribution in [2.75, 3.05) is 0 Å². The molecule has 1 amide bonds. The van der Waals surface area contributed by atoms with Gasteiger partial charge in [0.05, 0.1) is 12.5 Å². The number of hydrogen-bond donors (Lipinski definition) is 1. The highest BCUT2D eigenvalue weighted by molar-refractivity contribution is 5.94. The van der Waals surface area contributed by atoms with E-state index in [4.69, 9.17) is 5.26 Å². The lowest BCUT2D eigenvalue weighted by molar-refractivity contribution is 0.0917. The van der Waals surface area contributed by atoms with E-state index in [9.17, 15) is 4.79 Å². The summed E-state index contributed by atoms with van der Waals surface area (Å²) >= 11 is 0. The summed E-state index contributed by atoms with van der Waals surface area (Å²) < 4.78 is 0. The number of benzene rings is 1. The summed E-state index contributed by atoms with van der Waals surface area (Å²) in [6.07, 6.45) is 3.80. The molecule has 0 bridgehead atoms. The van der Waals surface area contributed by atoms with Gasteiger partial charge in [0.25, 0.3) is 5.91 Å². The van der Waals surface area contributed by atoms with Crippen LogP contribution in [0.25, 0.3) is 0 Å². The third kappa shape index (κ3) is 2.40. The fraction of sp³-hybridized carbons (Fsp3) is 0.385. The Morgan fingerprint density at radius 2 is 2.06 bits per heavy atom. The molecule has 1 saturated carbocycles. The lowest BCUT2D eigenvalue weighted by atomic mass is 9.93. The average Bonchev–Trinajstić information content (AvgIpc) is 2.25. The minimum atomic E-state index is -0.00629. The first-order valence-corrected chi connectivity index (χ1v) is 5.56. The number of nitrogens with one attached hydrogen (secondary N) is 1. The lowest BCUT2D eigenvalue weighted by Crippen LogP contribution is -2.39. The number of amides is 1.